The first-order valence-corrected chi connectivity index (χ1v) is 13.0. The fraction of sp³-hybridized carbons (Fsp3) is 0.333. The minimum atomic E-state index is -3.96. The third-order valence-electron chi connectivity index (χ3n) is 5.47. The maximum Gasteiger partial charge on any atom is 0.335 e. The van der Waals surface area contributed by atoms with Gasteiger partial charge in [-0.3, -0.25) is 13.7 Å². The molecule has 2 aromatic heterocycles. The minimum absolute atomic E-state index is 0.174. The topological polar surface area (TPSA) is 148 Å². The predicted octanol–water partition coefficient (Wildman–Crippen LogP) is 1.48. The van der Waals surface area contributed by atoms with Crippen molar-refractivity contribution in [2.45, 2.75) is 37.6 Å². The van der Waals surface area contributed by atoms with Crippen LogP contribution < -0.4 is 10.0 Å². The van der Waals surface area contributed by atoms with Gasteiger partial charge in [-0.25, -0.2) is 14.4 Å². The molecule has 3 N–H and O–H groups in total. The van der Waals surface area contributed by atoms with E-state index in [4.69, 9.17) is 4.18 Å². The van der Waals surface area contributed by atoms with Gasteiger partial charge in [-0.2, -0.15) is 18.2 Å². The molecule has 3 atom stereocenters. The summed E-state index contributed by atoms with van der Waals surface area (Å²) in [5.41, 5.74) is 1.18. The molecule has 4 rings (SSSR count). The summed E-state index contributed by atoms with van der Waals surface area (Å²) in [6, 6.07) is 5.93. The van der Waals surface area contributed by atoms with Crippen molar-refractivity contribution in [1.29, 1.82) is 0 Å². The Bertz CT molecular complexity index is 1340. The van der Waals surface area contributed by atoms with Gasteiger partial charge >= 0.3 is 10.3 Å². The summed E-state index contributed by atoms with van der Waals surface area (Å²) in [5, 5.41) is 17.6. The van der Waals surface area contributed by atoms with Crippen molar-refractivity contribution in [3.8, 4) is 0 Å². The molecule has 0 bridgehead atoms. The Kier molecular flexibility index (Phi) is 7.75. The molecule has 0 radical (unpaired) electrons. The number of ketones is 1. The second-order valence-electron chi connectivity index (χ2n) is 7.93. The van der Waals surface area contributed by atoms with E-state index in [1.807, 2.05) is 27.3 Å². The van der Waals surface area contributed by atoms with Crippen molar-refractivity contribution in [3.63, 3.8) is 0 Å². The summed E-state index contributed by atoms with van der Waals surface area (Å²) in [4.78, 5) is 21.3. The lowest BCUT2D eigenvalue weighted by Crippen LogP contribution is -2.31. The van der Waals surface area contributed by atoms with Crippen molar-refractivity contribution in [1.82, 2.24) is 24.5 Å². The highest BCUT2D eigenvalue weighted by Gasteiger charge is 2.37. The van der Waals surface area contributed by atoms with Crippen molar-refractivity contribution in [2.24, 2.45) is 0 Å². The lowest BCUT2D eigenvalue weighted by molar-refractivity contribution is 0.0636. The van der Waals surface area contributed by atoms with Gasteiger partial charge in [0.05, 0.1) is 18.2 Å². The SMILES string of the molecule is CNS(=O)(=O)O[C@@H]1C[C@H](Nc2ncncc2C(=O)c2ccn(Cc3ccc(F)c(I)c3)n2)C[C@@H]1O. The van der Waals surface area contributed by atoms with E-state index >= 15 is 0 Å². The average Bonchev–Trinajstić information content (AvgIpc) is 3.42. The van der Waals surface area contributed by atoms with Crippen LogP contribution in [0, 0.1) is 9.39 Å². The molecule has 0 amide bonds. The minimum Gasteiger partial charge on any atom is -0.390 e. The van der Waals surface area contributed by atoms with Crippen LogP contribution in [-0.2, 0) is 21.0 Å². The van der Waals surface area contributed by atoms with Gasteiger partial charge in [0, 0.05) is 29.1 Å². The Morgan fingerprint density at radius 1 is 1.34 bits per heavy atom. The number of nitrogens with zero attached hydrogens (tertiary/aromatic N) is 4. The van der Waals surface area contributed by atoms with Crippen LogP contribution >= 0.6 is 22.6 Å². The summed E-state index contributed by atoms with van der Waals surface area (Å²) < 4.78 is 45.9. The fourth-order valence-electron chi connectivity index (χ4n) is 3.75. The number of hydrogen-bond donors (Lipinski definition) is 3. The molecule has 35 heavy (non-hydrogen) atoms. The second kappa shape index (κ2) is 10.6. The number of hydrogen-bond acceptors (Lipinski definition) is 9. The predicted molar refractivity (Wildman–Crippen MR) is 131 cm³/mol. The van der Waals surface area contributed by atoms with E-state index in [1.165, 1.54) is 25.6 Å². The molecule has 14 heteroatoms. The molecule has 0 saturated heterocycles. The number of aliphatic hydroxyl groups is 1. The van der Waals surface area contributed by atoms with Crippen LogP contribution in [0.4, 0.5) is 10.2 Å². The molecule has 1 aliphatic rings. The van der Waals surface area contributed by atoms with Crippen LogP contribution in [0.15, 0.2) is 43.0 Å². The van der Waals surface area contributed by atoms with Gasteiger partial charge in [0.25, 0.3) is 0 Å². The van der Waals surface area contributed by atoms with Crippen molar-refractivity contribution >= 4 is 44.5 Å². The number of carbonyl (C=O) groups is 1. The van der Waals surface area contributed by atoms with Crippen LogP contribution in [0.1, 0.15) is 34.5 Å². The number of anilines is 1. The Labute approximate surface area is 214 Å². The van der Waals surface area contributed by atoms with Gasteiger partial charge in [-0.15, -0.1) is 0 Å². The summed E-state index contributed by atoms with van der Waals surface area (Å²) in [6.45, 7) is 0.358. The Morgan fingerprint density at radius 3 is 2.89 bits per heavy atom. The van der Waals surface area contributed by atoms with Gasteiger partial charge in [-0.1, -0.05) is 6.07 Å². The number of benzene rings is 1. The van der Waals surface area contributed by atoms with E-state index < -0.39 is 28.3 Å². The molecule has 186 valence electrons. The Morgan fingerprint density at radius 2 is 2.14 bits per heavy atom. The van der Waals surface area contributed by atoms with E-state index in [0.29, 0.717) is 10.1 Å². The molecule has 1 aromatic carbocycles. The lowest BCUT2D eigenvalue weighted by atomic mass is 10.1. The molecule has 3 aromatic rings. The smallest absolute Gasteiger partial charge is 0.335 e. The number of aliphatic hydroxyl groups excluding tert-OH is 1. The molecular formula is C21H22FIN6O5S. The molecule has 0 unspecified atom stereocenters. The zero-order chi connectivity index (χ0) is 25.2. The van der Waals surface area contributed by atoms with Crippen LogP contribution in [0.2, 0.25) is 0 Å². The highest BCUT2D eigenvalue weighted by molar-refractivity contribution is 14.1. The third-order valence-corrected chi connectivity index (χ3v) is 7.30. The normalized spacial score (nSPS) is 20.2. The summed E-state index contributed by atoms with van der Waals surface area (Å²) >= 11 is 1.91. The molecule has 0 spiro atoms. The van der Waals surface area contributed by atoms with E-state index in [9.17, 15) is 22.7 Å². The third kappa shape index (κ3) is 6.19. The second-order valence-corrected chi connectivity index (χ2v) is 10.6. The highest BCUT2D eigenvalue weighted by Crippen LogP contribution is 2.28. The monoisotopic (exact) mass is 616 g/mol. The van der Waals surface area contributed by atoms with Crippen molar-refractivity contribution in [3.05, 3.63) is 69.2 Å². The zero-order valence-corrected chi connectivity index (χ0v) is 21.4. The quantitative estimate of drug-likeness (QED) is 0.240. The number of rotatable bonds is 9. The van der Waals surface area contributed by atoms with Crippen LogP contribution in [0.3, 0.4) is 0 Å². The van der Waals surface area contributed by atoms with Crippen LogP contribution in [0.25, 0.3) is 0 Å². The maximum absolute atomic E-state index is 13.5. The molecule has 11 nitrogen and oxygen atoms in total. The fourth-order valence-corrected chi connectivity index (χ4v) is 4.96. The van der Waals surface area contributed by atoms with Crippen LogP contribution in [0.5, 0.6) is 0 Å². The van der Waals surface area contributed by atoms with Gasteiger partial charge in [0.1, 0.15) is 29.8 Å². The van der Waals surface area contributed by atoms with E-state index in [2.05, 4.69) is 20.4 Å². The van der Waals surface area contributed by atoms with E-state index in [-0.39, 0.29) is 41.8 Å². The van der Waals surface area contributed by atoms with Crippen LogP contribution in [-0.4, -0.2) is 64.4 Å². The first-order chi connectivity index (χ1) is 16.6. The molecule has 0 aliphatic heterocycles. The Hall–Kier alpha value is -2.53. The van der Waals surface area contributed by atoms with Gasteiger partial charge in [-0.05, 0) is 59.2 Å². The largest absolute Gasteiger partial charge is 0.390 e. The number of carbonyl (C=O) groups excluding carboxylic acids is 1. The van der Waals surface area contributed by atoms with Gasteiger partial charge < -0.3 is 10.4 Å². The summed E-state index contributed by atoms with van der Waals surface area (Å²) in [7, 11) is -2.75. The van der Waals surface area contributed by atoms with Crippen molar-refractivity contribution in [2.75, 3.05) is 12.4 Å². The number of aromatic nitrogens is 4. The van der Waals surface area contributed by atoms with Crippen molar-refractivity contribution < 1.29 is 26.9 Å². The van der Waals surface area contributed by atoms with Gasteiger partial charge in [0.2, 0.25) is 5.78 Å². The summed E-state index contributed by atoms with van der Waals surface area (Å²) in [6.07, 6.45) is 2.73. The Balaban J connectivity index is 1.46. The zero-order valence-electron chi connectivity index (χ0n) is 18.4. The van der Waals surface area contributed by atoms with E-state index in [1.54, 1.807) is 29.1 Å². The number of nitrogens with one attached hydrogen (secondary N) is 2. The first kappa shape index (κ1) is 25.6. The molecule has 1 aliphatic carbocycles. The van der Waals surface area contributed by atoms with Gasteiger partial charge in [0.15, 0.2) is 0 Å². The molecule has 1 saturated carbocycles. The molecule has 2 heterocycles. The molecular weight excluding hydrogens is 594 g/mol. The maximum atomic E-state index is 13.5. The van der Waals surface area contributed by atoms with E-state index in [0.717, 1.165) is 5.56 Å². The average molecular weight is 616 g/mol. The first-order valence-electron chi connectivity index (χ1n) is 10.5. The lowest BCUT2D eigenvalue weighted by Gasteiger charge is -2.15. The standard InChI is InChI=1S/C21H22FIN6O5S/c1-24-35(32,33)34-19-8-13(7-18(19)30)27-21-14(9-25-11-26-21)20(31)17-4-5-29(28-17)10-12-2-3-15(22)16(23)6-12/h2-6,9,11,13,18-19,24,30H,7-8,10H2,1H3,(H,25,26,27)/t13-,18+,19-/m1/s1. The summed E-state index contributed by atoms with van der Waals surface area (Å²) in [5.74, 6) is -0.474. The molecule has 1 fully saturated rings. The number of halogens is 2. The highest BCUT2D eigenvalue weighted by atomic mass is 127.